The van der Waals surface area contributed by atoms with Crippen molar-refractivity contribution in [1.29, 1.82) is 0 Å². The molecule has 0 amide bonds. The molecule has 2 saturated heterocycles. The van der Waals surface area contributed by atoms with Gasteiger partial charge in [0.25, 0.3) is 10.0 Å². The summed E-state index contributed by atoms with van der Waals surface area (Å²) in [5, 5.41) is -0.598. The lowest BCUT2D eigenvalue weighted by molar-refractivity contribution is 0.178. The van der Waals surface area contributed by atoms with Crippen molar-refractivity contribution in [2.45, 2.75) is 24.2 Å². The van der Waals surface area contributed by atoms with Crippen LogP contribution in [0, 0.1) is 23.6 Å². The standard InChI is InChI=1S/C21H24Cl2F2N4O2S/c1-28-8-5-13(6-9-28)14-7-10-29(12-14)16-11-15(22)21(20(25)19(16)23)32(30,31)27-18-4-2-3-17(24)26-18/h2-4,11,13-14H,5-10,12H2,1H3,(H,26,27)/t14-/m0/s1. The van der Waals surface area contributed by atoms with Gasteiger partial charge in [0.2, 0.25) is 5.95 Å². The lowest BCUT2D eigenvalue weighted by atomic mass is 9.84. The van der Waals surface area contributed by atoms with E-state index in [1.165, 1.54) is 18.2 Å². The van der Waals surface area contributed by atoms with Gasteiger partial charge in [-0.1, -0.05) is 29.3 Å². The average molecular weight is 505 g/mol. The number of halogens is 4. The van der Waals surface area contributed by atoms with Crippen LogP contribution < -0.4 is 9.62 Å². The Morgan fingerprint density at radius 2 is 1.78 bits per heavy atom. The normalized spacial score (nSPS) is 20.7. The maximum Gasteiger partial charge on any atom is 0.267 e. The molecular weight excluding hydrogens is 481 g/mol. The van der Waals surface area contributed by atoms with E-state index in [0.717, 1.165) is 45.0 Å². The molecule has 3 heterocycles. The van der Waals surface area contributed by atoms with Crippen LogP contribution in [0.4, 0.5) is 20.3 Å². The zero-order valence-electron chi connectivity index (χ0n) is 17.5. The molecule has 0 aliphatic carbocycles. The molecule has 32 heavy (non-hydrogen) atoms. The summed E-state index contributed by atoms with van der Waals surface area (Å²) in [4.78, 5) is 6.94. The maximum atomic E-state index is 15.2. The summed E-state index contributed by atoms with van der Waals surface area (Å²) in [5.74, 6) is -1.22. The fraction of sp³-hybridized carbons (Fsp3) is 0.476. The van der Waals surface area contributed by atoms with E-state index >= 15 is 4.39 Å². The van der Waals surface area contributed by atoms with E-state index in [9.17, 15) is 12.8 Å². The minimum atomic E-state index is -4.48. The van der Waals surface area contributed by atoms with Crippen molar-refractivity contribution in [2.75, 3.05) is 42.8 Å². The number of hydrogen-bond acceptors (Lipinski definition) is 5. The van der Waals surface area contributed by atoms with Crippen LogP contribution in [0.3, 0.4) is 0 Å². The molecule has 2 aliphatic heterocycles. The minimum Gasteiger partial charge on any atom is -0.370 e. The lowest BCUT2D eigenvalue weighted by Gasteiger charge is -2.32. The van der Waals surface area contributed by atoms with Crippen LogP contribution >= 0.6 is 23.2 Å². The molecular formula is C21H24Cl2F2N4O2S. The van der Waals surface area contributed by atoms with E-state index in [2.05, 4.69) is 16.9 Å². The minimum absolute atomic E-state index is 0.291. The number of piperidine rings is 1. The highest BCUT2D eigenvalue weighted by Gasteiger charge is 2.34. The second-order valence-corrected chi connectivity index (χ2v) is 10.8. The van der Waals surface area contributed by atoms with Gasteiger partial charge >= 0.3 is 0 Å². The Balaban J connectivity index is 1.56. The average Bonchev–Trinajstić information content (AvgIpc) is 3.20. The van der Waals surface area contributed by atoms with Crippen LogP contribution in [0.25, 0.3) is 0 Å². The van der Waals surface area contributed by atoms with E-state index in [-0.39, 0.29) is 15.9 Å². The second kappa shape index (κ2) is 9.29. The zero-order valence-corrected chi connectivity index (χ0v) is 19.8. The Kier molecular flexibility index (Phi) is 6.81. The van der Waals surface area contributed by atoms with Gasteiger partial charge in [0, 0.05) is 13.1 Å². The molecule has 174 valence electrons. The van der Waals surface area contributed by atoms with E-state index in [0.29, 0.717) is 24.1 Å². The molecule has 2 fully saturated rings. The van der Waals surface area contributed by atoms with Crippen molar-refractivity contribution in [3.63, 3.8) is 0 Å². The number of benzene rings is 1. The molecule has 2 aromatic rings. The van der Waals surface area contributed by atoms with Crippen molar-refractivity contribution in [3.05, 3.63) is 46.1 Å². The largest absolute Gasteiger partial charge is 0.370 e. The highest BCUT2D eigenvalue weighted by atomic mass is 35.5. The van der Waals surface area contributed by atoms with E-state index < -0.39 is 26.7 Å². The zero-order chi connectivity index (χ0) is 23.0. The Bertz CT molecular complexity index is 1110. The van der Waals surface area contributed by atoms with Gasteiger partial charge in [-0.2, -0.15) is 4.39 Å². The number of hydrogen-bond donors (Lipinski definition) is 1. The molecule has 0 saturated carbocycles. The summed E-state index contributed by atoms with van der Waals surface area (Å²) in [7, 11) is -2.36. The van der Waals surface area contributed by atoms with Gasteiger partial charge < -0.3 is 9.80 Å². The first-order valence-electron chi connectivity index (χ1n) is 10.4. The Morgan fingerprint density at radius 1 is 1.09 bits per heavy atom. The van der Waals surface area contributed by atoms with Crippen molar-refractivity contribution in [3.8, 4) is 0 Å². The third-order valence-electron chi connectivity index (χ3n) is 6.32. The molecule has 2 aliphatic rings. The molecule has 1 aromatic carbocycles. The van der Waals surface area contributed by atoms with Gasteiger partial charge in [-0.3, -0.25) is 4.72 Å². The first-order valence-corrected chi connectivity index (χ1v) is 12.7. The summed E-state index contributed by atoms with van der Waals surface area (Å²) in [6.07, 6.45) is 3.24. The number of pyridine rings is 1. The van der Waals surface area contributed by atoms with Gasteiger partial charge in [-0.25, -0.2) is 17.8 Å². The summed E-state index contributed by atoms with van der Waals surface area (Å²) < 4.78 is 56.0. The first-order chi connectivity index (χ1) is 15.2. The lowest BCUT2D eigenvalue weighted by Crippen LogP contribution is -2.34. The summed E-state index contributed by atoms with van der Waals surface area (Å²) >= 11 is 12.5. The summed E-state index contributed by atoms with van der Waals surface area (Å²) in [6, 6.07) is 4.97. The van der Waals surface area contributed by atoms with Crippen LogP contribution in [0.5, 0.6) is 0 Å². The van der Waals surface area contributed by atoms with Crippen LogP contribution in [0.15, 0.2) is 29.2 Å². The molecule has 6 nitrogen and oxygen atoms in total. The summed E-state index contributed by atoms with van der Waals surface area (Å²) in [5.41, 5.74) is 0.382. The van der Waals surface area contributed by atoms with Crippen molar-refractivity contribution in [1.82, 2.24) is 9.88 Å². The fourth-order valence-electron chi connectivity index (χ4n) is 4.59. The molecule has 4 rings (SSSR count). The molecule has 1 aromatic heterocycles. The molecule has 0 radical (unpaired) electrons. The predicted molar refractivity (Wildman–Crippen MR) is 122 cm³/mol. The first kappa shape index (κ1) is 23.5. The second-order valence-electron chi connectivity index (χ2n) is 8.42. The highest BCUT2D eigenvalue weighted by Crippen LogP contribution is 2.41. The van der Waals surface area contributed by atoms with Gasteiger partial charge in [0.05, 0.1) is 10.7 Å². The van der Waals surface area contributed by atoms with Gasteiger partial charge in [-0.15, -0.1) is 0 Å². The third kappa shape index (κ3) is 4.81. The third-order valence-corrected chi connectivity index (χ3v) is 8.50. The van der Waals surface area contributed by atoms with Gasteiger partial charge in [0.15, 0.2) is 5.82 Å². The highest BCUT2D eigenvalue weighted by molar-refractivity contribution is 7.92. The van der Waals surface area contributed by atoms with Crippen LogP contribution in [-0.4, -0.2) is 51.5 Å². The molecule has 0 spiro atoms. The van der Waals surface area contributed by atoms with Gasteiger partial charge in [-0.05, 0) is 69.4 Å². The quantitative estimate of drug-likeness (QED) is 0.474. The van der Waals surface area contributed by atoms with E-state index in [1.807, 2.05) is 9.62 Å². The summed E-state index contributed by atoms with van der Waals surface area (Å²) in [6.45, 7) is 3.57. The molecule has 0 unspecified atom stereocenters. The molecule has 11 heteroatoms. The van der Waals surface area contributed by atoms with Crippen molar-refractivity contribution in [2.24, 2.45) is 11.8 Å². The molecule has 1 N–H and O–H groups in total. The Hall–Kier alpha value is -1.68. The SMILES string of the molecule is CN1CCC([C@H]2CCN(c3cc(Cl)c(S(=O)(=O)Nc4cccc(F)n4)c(F)c3Cl)C2)CC1. The Labute approximate surface area is 196 Å². The van der Waals surface area contributed by atoms with E-state index in [4.69, 9.17) is 23.2 Å². The monoisotopic (exact) mass is 504 g/mol. The van der Waals surface area contributed by atoms with E-state index in [1.54, 1.807) is 0 Å². The fourth-order valence-corrected chi connectivity index (χ4v) is 6.55. The predicted octanol–water partition coefficient (Wildman–Crippen LogP) is 4.64. The van der Waals surface area contributed by atoms with Crippen molar-refractivity contribution >= 4 is 44.7 Å². The smallest absolute Gasteiger partial charge is 0.267 e. The van der Waals surface area contributed by atoms with Crippen LogP contribution in [-0.2, 0) is 10.0 Å². The molecule has 0 bridgehead atoms. The molecule has 1 atom stereocenters. The number of sulfonamides is 1. The number of rotatable bonds is 5. The number of nitrogens with one attached hydrogen (secondary N) is 1. The van der Waals surface area contributed by atoms with Crippen molar-refractivity contribution < 1.29 is 17.2 Å². The Morgan fingerprint density at radius 3 is 2.47 bits per heavy atom. The number of anilines is 2. The van der Waals surface area contributed by atoms with Gasteiger partial charge in [0.1, 0.15) is 15.7 Å². The number of aromatic nitrogens is 1. The topological polar surface area (TPSA) is 65.5 Å². The number of likely N-dealkylation sites (tertiary alicyclic amines) is 1. The maximum absolute atomic E-state index is 15.2. The van der Waals surface area contributed by atoms with Crippen LogP contribution in [0.2, 0.25) is 10.0 Å². The van der Waals surface area contributed by atoms with Crippen LogP contribution in [0.1, 0.15) is 19.3 Å². The number of nitrogens with zero attached hydrogens (tertiary/aromatic N) is 3.